The number of nitrogens with zero attached hydrogens (tertiary/aromatic N) is 1. The molecule has 0 aliphatic carbocycles. The lowest BCUT2D eigenvalue weighted by molar-refractivity contribution is -0.297. The minimum Gasteiger partial charge on any atom is -0.497 e. The lowest BCUT2D eigenvalue weighted by atomic mass is 9.83. The Morgan fingerprint density at radius 2 is 1.47 bits per heavy atom. The second-order valence-electron chi connectivity index (χ2n) is 24.2. The summed E-state index contributed by atoms with van der Waals surface area (Å²) >= 11 is 0. The number of carbonyl (C=O) groups excluding carboxylic acids is 1. The monoisotopic (exact) mass is 1160 g/mol. The zero-order valence-corrected chi connectivity index (χ0v) is 54.0. The molecule has 0 saturated carbocycles. The van der Waals surface area contributed by atoms with Crippen LogP contribution in [0, 0.1) is 17.3 Å². The van der Waals surface area contributed by atoms with Crippen LogP contribution in [0.15, 0.2) is 113 Å². The molecule has 81 heavy (non-hydrogen) atoms. The van der Waals surface area contributed by atoms with E-state index in [0.717, 1.165) is 45.4 Å². The minimum absolute atomic E-state index is 0.0862. The van der Waals surface area contributed by atoms with Crippen LogP contribution in [-0.2, 0) is 59.8 Å². The van der Waals surface area contributed by atoms with E-state index in [2.05, 4.69) is 110 Å². The molecule has 9 atom stereocenters. The average molecular weight is 1160 g/mol. The molecule has 5 rings (SSSR count). The van der Waals surface area contributed by atoms with E-state index in [0.29, 0.717) is 49.6 Å². The molecule has 1 saturated heterocycles. The molecule has 0 radical (unpaired) electrons. The third-order valence-corrected chi connectivity index (χ3v) is 26.0. The molecule has 1 aliphatic rings. The summed E-state index contributed by atoms with van der Waals surface area (Å²) < 4.78 is 70.6. The Kier molecular flexibility index (Phi) is 25.8. The maximum absolute atomic E-state index is 13.1. The summed E-state index contributed by atoms with van der Waals surface area (Å²) in [5.74, 6) is -0.802. The van der Waals surface area contributed by atoms with Gasteiger partial charge in [-0.05, 0) is 110 Å². The van der Waals surface area contributed by atoms with Crippen molar-refractivity contribution < 1.29 is 61.1 Å². The van der Waals surface area contributed by atoms with Crippen LogP contribution in [0.1, 0.15) is 126 Å². The first kappa shape index (κ1) is 67.5. The van der Waals surface area contributed by atoms with Gasteiger partial charge in [0.15, 0.2) is 20.0 Å². The topological polar surface area (TPSA) is 156 Å². The molecule has 16 heteroatoms. The lowest BCUT2D eigenvalue weighted by Gasteiger charge is -2.49. The molecule has 4 aromatic rings. The van der Waals surface area contributed by atoms with Crippen LogP contribution in [0.2, 0.25) is 23.2 Å². The number of hydrogen-bond donors (Lipinski definition) is 1. The van der Waals surface area contributed by atoms with Gasteiger partial charge in [0.1, 0.15) is 31.1 Å². The van der Waals surface area contributed by atoms with Gasteiger partial charge >= 0.3 is 5.97 Å². The van der Waals surface area contributed by atoms with Crippen molar-refractivity contribution in [3.63, 3.8) is 0 Å². The van der Waals surface area contributed by atoms with Crippen molar-refractivity contribution in [3.8, 4) is 5.75 Å². The number of aliphatic hydroxyl groups is 1. The number of oxazole rings is 1. The molecular formula is C65H99NO13Si2. The Bertz CT molecular complexity index is 2490. The Morgan fingerprint density at radius 3 is 2.00 bits per heavy atom. The van der Waals surface area contributed by atoms with Crippen LogP contribution in [0.5, 0.6) is 5.75 Å². The fourth-order valence-corrected chi connectivity index (χ4v) is 18.8. The summed E-state index contributed by atoms with van der Waals surface area (Å²) in [5.41, 5.74) is 2.46. The molecule has 0 spiro atoms. The third-order valence-electron chi connectivity index (χ3n) is 16.3. The van der Waals surface area contributed by atoms with Gasteiger partial charge in [-0.25, -0.2) is 4.98 Å². The number of esters is 1. The van der Waals surface area contributed by atoms with Gasteiger partial charge in [-0.1, -0.05) is 134 Å². The minimum atomic E-state index is -3.19. The number of carbonyl (C=O) groups is 1. The normalized spacial score (nSPS) is 20.1. The molecule has 0 bridgehead atoms. The summed E-state index contributed by atoms with van der Waals surface area (Å²) in [6.07, 6.45) is 4.13. The van der Waals surface area contributed by atoms with Crippen LogP contribution in [0.25, 0.3) is 6.08 Å². The van der Waals surface area contributed by atoms with Crippen molar-refractivity contribution in [2.24, 2.45) is 17.3 Å². The van der Waals surface area contributed by atoms with Crippen molar-refractivity contribution in [2.75, 3.05) is 48.4 Å². The van der Waals surface area contributed by atoms with Crippen LogP contribution in [0.3, 0.4) is 0 Å². The van der Waals surface area contributed by atoms with E-state index < -0.39 is 46.1 Å². The number of aromatic nitrogens is 1. The van der Waals surface area contributed by atoms with Crippen LogP contribution >= 0.6 is 0 Å². The maximum Gasteiger partial charge on any atom is 0.311 e. The second-order valence-corrected chi connectivity index (χ2v) is 33.2. The molecule has 2 heterocycles. The van der Waals surface area contributed by atoms with Crippen molar-refractivity contribution >= 4 is 39.1 Å². The first-order valence-corrected chi connectivity index (χ1v) is 33.6. The molecule has 1 aromatic heterocycles. The van der Waals surface area contributed by atoms with Gasteiger partial charge < -0.3 is 56.3 Å². The number of rotatable bonds is 32. The second kappa shape index (κ2) is 31.0. The fraction of sp³-hybridized carbons (Fsp3) is 0.600. The molecule has 0 amide bonds. The van der Waals surface area contributed by atoms with Crippen molar-refractivity contribution in [1.29, 1.82) is 0 Å². The number of aliphatic hydroxyl groups excluding tert-OH is 1. The van der Waals surface area contributed by atoms with Crippen LogP contribution in [-0.4, -0.2) is 124 Å². The predicted molar refractivity (Wildman–Crippen MR) is 326 cm³/mol. The number of benzene rings is 3. The Hall–Kier alpha value is -4.31. The van der Waals surface area contributed by atoms with Crippen LogP contribution < -0.4 is 15.1 Å². The number of hydrogen-bond acceptors (Lipinski definition) is 14. The van der Waals surface area contributed by atoms with E-state index in [1.807, 2.05) is 77.1 Å². The van der Waals surface area contributed by atoms with E-state index in [4.69, 9.17) is 56.1 Å². The van der Waals surface area contributed by atoms with Gasteiger partial charge in [0.25, 0.3) is 8.32 Å². The molecule has 1 fully saturated rings. The van der Waals surface area contributed by atoms with Gasteiger partial charge in [-0.15, -0.1) is 0 Å². The van der Waals surface area contributed by atoms with E-state index in [-0.39, 0.29) is 61.0 Å². The molecule has 450 valence electrons. The van der Waals surface area contributed by atoms with Gasteiger partial charge in [-0.3, -0.25) is 4.79 Å². The highest BCUT2D eigenvalue weighted by Crippen LogP contribution is 2.42. The molecular weight excluding hydrogens is 1060 g/mol. The van der Waals surface area contributed by atoms with E-state index in [9.17, 15) is 9.90 Å². The van der Waals surface area contributed by atoms with Gasteiger partial charge in [-0.2, -0.15) is 0 Å². The summed E-state index contributed by atoms with van der Waals surface area (Å²) in [6.45, 7) is 28.2. The van der Waals surface area contributed by atoms with Crippen molar-refractivity contribution in [1.82, 2.24) is 4.98 Å². The predicted octanol–water partition coefficient (Wildman–Crippen LogP) is 12.3. The molecule has 0 unspecified atom stereocenters. The van der Waals surface area contributed by atoms with E-state index >= 15 is 0 Å². The molecule has 14 nitrogen and oxygen atoms in total. The third kappa shape index (κ3) is 18.1. The summed E-state index contributed by atoms with van der Waals surface area (Å²) in [7, 11) is 1.24. The van der Waals surface area contributed by atoms with Gasteiger partial charge in [0.05, 0.1) is 62.2 Å². The highest BCUT2D eigenvalue weighted by molar-refractivity contribution is 6.99. The highest BCUT2D eigenvalue weighted by atomic mass is 28.4. The summed E-state index contributed by atoms with van der Waals surface area (Å²) in [6, 6.07) is 31.7. The number of methoxy groups -OCH3 is 4. The zero-order chi connectivity index (χ0) is 59.6. The molecule has 1 N–H and O–H groups in total. The van der Waals surface area contributed by atoms with E-state index in [1.165, 1.54) is 0 Å². The summed E-state index contributed by atoms with van der Waals surface area (Å²) in [4.78, 5) is 18.0. The zero-order valence-electron chi connectivity index (χ0n) is 52.0. The Labute approximate surface area is 487 Å². The largest absolute Gasteiger partial charge is 0.497 e. The highest BCUT2D eigenvalue weighted by Gasteiger charge is 2.54. The first-order chi connectivity index (χ1) is 38.5. The van der Waals surface area contributed by atoms with Gasteiger partial charge in [0.2, 0.25) is 0 Å². The van der Waals surface area contributed by atoms with Crippen molar-refractivity contribution in [3.05, 3.63) is 126 Å². The molecule has 1 aliphatic heterocycles. The van der Waals surface area contributed by atoms with Crippen molar-refractivity contribution in [2.45, 2.75) is 188 Å². The average Bonchev–Trinajstić information content (AvgIpc) is 4.07. The fourth-order valence-electron chi connectivity index (χ4n) is 11.2. The smallest absolute Gasteiger partial charge is 0.311 e. The first-order valence-electron chi connectivity index (χ1n) is 29.2. The summed E-state index contributed by atoms with van der Waals surface area (Å²) in [5, 5.41) is 14.2. The lowest BCUT2D eigenvalue weighted by Crippen LogP contribution is -2.69. The Balaban J connectivity index is 1.45. The van der Waals surface area contributed by atoms with Crippen LogP contribution in [0.4, 0.5) is 0 Å². The maximum atomic E-state index is 13.1. The Morgan fingerprint density at radius 1 is 0.852 bits per heavy atom. The van der Waals surface area contributed by atoms with E-state index in [1.54, 1.807) is 34.7 Å². The molecule has 3 aromatic carbocycles. The van der Waals surface area contributed by atoms with Gasteiger partial charge in [0, 0.05) is 52.6 Å². The SMILES string of the molecule is CC[Si](CC)(CC)O[C@H]([C@@H](C)[C@@H](CCOCc1ccc(OC)cc1)OCOC)[C@@H](C)[C@@H](O)/C(C)=C/c1coc(C[C@]2(OC)C[C@H](OC)C[C@H]([C@@H](/C=C(\C)COC(=O)C(C)(C)C)O[Si](c3ccccc3)(c3ccccc3)C(C)(C)C)O2)n1. The quantitative estimate of drug-likeness (QED) is 0.0162. The standard InChI is InChI=1S/C65H99NO13Si2/c1-18-80(19-2,20-3)79-61(48(6)56(76-45-69-14)35-36-73-43-50-31-33-52(70-15)34-32-50)49(7)60(67)47(5)38-51-44-74-59(66-51)41-65(72-17)40-53(71-16)39-57(77-65)58(37-46(4)42-75-62(68)63(8,9)10)78-81(64(11,12)13,54-27-23-21-24-28-54)55-29-25-22-26-30-55/h21-34,37-38,44,48-49,53,56-58,60-61,67H,18-20,35-36,39-43,45H2,1-17H3/b46-37+,47-38+/t48-,49-,53+,56+,57+,58+,60-,61+,65-/m0/s1. The number of ether oxygens (including phenoxy) is 8.